The van der Waals surface area contributed by atoms with Crippen LogP contribution < -0.4 is 5.32 Å². The molecule has 0 saturated heterocycles. The maximum Gasteiger partial charge on any atom is 0.220 e. The molecule has 2 unspecified atom stereocenters. The van der Waals surface area contributed by atoms with Crippen LogP contribution in [0.4, 0.5) is 0 Å². The Morgan fingerprint density at radius 2 is 0.485 bits per heavy atom. The molecule has 4 nitrogen and oxygen atoms in total. The van der Waals surface area contributed by atoms with Crippen molar-refractivity contribution >= 4 is 5.91 Å². The molecule has 0 aliphatic heterocycles. The number of carbonyl (C=O) groups is 1. The standard InChI is InChI=1S/C62H125NO3/c1-3-5-7-9-11-13-15-17-19-21-23-25-27-29-30-31-32-33-34-35-37-39-41-43-45-47-49-51-53-55-57-61(65)60(59-64)63-62(66)58-56-54-52-50-48-46-44-42-40-38-36-28-26-24-22-20-18-16-14-12-10-8-6-4-2/h60-61,64-65H,3-59H2,1-2H3,(H,63,66). The summed E-state index contributed by atoms with van der Waals surface area (Å²) in [7, 11) is 0. The maximum absolute atomic E-state index is 12.5. The maximum atomic E-state index is 12.5. The first-order valence-corrected chi connectivity index (χ1v) is 31.2. The Bertz CT molecular complexity index is 879. The quantitative estimate of drug-likeness (QED) is 0.0532. The number of aliphatic hydroxyl groups is 2. The molecule has 1 amide bonds. The molecule has 0 spiro atoms. The summed E-state index contributed by atoms with van der Waals surface area (Å²) < 4.78 is 0. The summed E-state index contributed by atoms with van der Waals surface area (Å²) >= 11 is 0. The van der Waals surface area contributed by atoms with Gasteiger partial charge < -0.3 is 15.5 Å². The molecule has 4 heteroatoms. The molecule has 66 heavy (non-hydrogen) atoms. The van der Waals surface area contributed by atoms with E-state index < -0.39 is 12.1 Å². The Morgan fingerprint density at radius 1 is 0.303 bits per heavy atom. The molecular weight excluding hydrogens is 807 g/mol. The van der Waals surface area contributed by atoms with Gasteiger partial charge in [-0.25, -0.2) is 0 Å². The minimum absolute atomic E-state index is 0.0207. The van der Waals surface area contributed by atoms with Crippen LogP contribution in [0, 0.1) is 0 Å². The van der Waals surface area contributed by atoms with Crippen molar-refractivity contribution < 1.29 is 15.0 Å². The number of hydrogen-bond acceptors (Lipinski definition) is 3. The molecule has 396 valence electrons. The second-order valence-corrected chi connectivity index (χ2v) is 21.8. The van der Waals surface area contributed by atoms with E-state index in [9.17, 15) is 15.0 Å². The zero-order valence-corrected chi connectivity index (χ0v) is 45.8. The summed E-state index contributed by atoms with van der Waals surface area (Å²) in [6.07, 6.45) is 75.5. The van der Waals surface area contributed by atoms with Gasteiger partial charge in [-0.2, -0.15) is 0 Å². The molecule has 0 radical (unpaired) electrons. The van der Waals surface area contributed by atoms with E-state index in [0.717, 1.165) is 25.7 Å². The largest absolute Gasteiger partial charge is 0.394 e. The molecule has 3 N–H and O–H groups in total. The van der Waals surface area contributed by atoms with Crippen LogP contribution in [0.3, 0.4) is 0 Å². The fourth-order valence-corrected chi connectivity index (χ4v) is 10.4. The van der Waals surface area contributed by atoms with Gasteiger partial charge in [0, 0.05) is 6.42 Å². The molecule has 0 saturated carbocycles. The van der Waals surface area contributed by atoms with Crippen LogP contribution in [0.15, 0.2) is 0 Å². The minimum atomic E-state index is -0.656. The lowest BCUT2D eigenvalue weighted by atomic mass is 10.0. The highest BCUT2D eigenvalue weighted by Crippen LogP contribution is 2.19. The normalized spacial score (nSPS) is 12.6. The summed E-state index contributed by atoms with van der Waals surface area (Å²) in [6, 6.07) is -0.532. The van der Waals surface area contributed by atoms with E-state index in [1.54, 1.807) is 0 Å². The summed E-state index contributed by atoms with van der Waals surface area (Å²) in [4.78, 5) is 12.5. The highest BCUT2D eigenvalue weighted by molar-refractivity contribution is 5.76. The molecule has 0 aliphatic carbocycles. The van der Waals surface area contributed by atoms with E-state index in [1.807, 2.05) is 0 Å². The third-order valence-electron chi connectivity index (χ3n) is 15.1. The van der Waals surface area contributed by atoms with Crippen molar-refractivity contribution in [1.82, 2.24) is 5.32 Å². The minimum Gasteiger partial charge on any atom is -0.394 e. The summed E-state index contributed by atoms with van der Waals surface area (Å²) in [5.74, 6) is -0.0207. The van der Waals surface area contributed by atoms with Crippen LogP contribution in [0.2, 0.25) is 0 Å². The number of rotatable bonds is 59. The van der Waals surface area contributed by atoms with Gasteiger partial charge in [0.05, 0.1) is 18.8 Å². The smallest absolute Gasteiger partial charge is 0.220 e. The number of unbranched alkanes of at least 4 members (excludes halogenated alkanes) is 52. The zero-order valence-electron chi connectivity index (χ0n) is 45.8. The van der Waals surface area contributed by atoms with Crippen LogP contribution in [0.1, 0.15) is 373 Å². The topological polar surface area (TPSA) is 69.6 Å². The van der Waals surface area contributed by atoms with E-state index in [1.165, 1.54) is 321 Å². The number of nitrogens with one attached hydrogen (secondary N) is 1. The van der Waals surface area contributed by atoms with Gasteiger partial charge in [0.15, 0.2) is 0 Å². The second kappa shape index (κ2) is 58.7. The summed E-state index contributed by atoms with van der Waals surface area (Å²) in [5.41, 5.74) is 0. The van der Waals surface area contributed by atoms with Gasteiger partial charge in [0.2, 0.25) is 5.91 Å². The van der Waals surface area contributed by atoms with E-state index in [2.05, 4.69) is 19.2 Å². The molecule has 0 bridgehead atoms. The molecule has 0 rings (SSSR count). The van der Waals surface area contributed by atoms with Crippen LogP contribution in [0.5, 0.6) is 0 Å². The number of hydrogen-bond donors (Lipinski definition) is 3. The molecular formula is C62H125NO3. The number of amides is 1. The van der Waals surface area contributed by atoms with Gasteiger partial charge >= 0.3 is 0 Å². The lowest BCUT2D eigenvalue weighted by Gasteiger charge is -2.22. The van der Waals surface area contributed by atoms with E-state index in [4.69, 9.17) is 0 Å². The lowest BCUT2D eigenvalue weighted by molar-refractivity contribution is -0.123. The van der Waals surface area contributed by atoms with Crippen molar-refractivity contribution in [2.24, 2.45) is 0 Å². The van der Waals surface area contributed by atoms with Crippen molar-refractivity contribution in [2.45, 2.75) is 386 Å². The number of aliphatic hydroxyl groups excluding tert-OH is 2. The zero-order chi connectivity index (χ0) is 47.7. The third kappa shape index (κ3) is 54.3. The van der Waals surface area contributed by atoms with Crippen molar-refractivity contribution in [1.29, 1.82) is 0 Å². The fraction of sp³-hybridized carbons (Fsp3) is 0.984. The van der Waals surface area contributed by atoms with E-state index in [-0.39, 0.29) is 12.5 Å². The van der Waals surface area contributed by atoms with Crippen molar-refractivity contribution in [3.05, 3.63) is 0 Å². The molecule has 0 aliphatic rings. The highest BCUT2D eigenvalue weighted by atomic mass is 16.3. The predicted octanol–water partition coefficient (Wildman–Crippen LogP) is 20.7. The molecule has 2 atom stereocenters. The van der Waals surface area contributed by atoms with Gasteiger partial charge in [-0.3, -0.25) is 4.79 Å². The number of carbonyl (C=O) groups excluding carboxylic acids is 1. The monoisotopic (exact) mass is 932 g/mol. The first-order valence-electron chi connectivity index (χ1n) is 31.2. The van der Waals surface area contributed by atoms with Crippen molar-refractivity contribution in [2.75, 3.05) is 6.61 Å². The Labute approximate surface area is 416 Å². The van der Waals surface area contributed by atoms with Crippen LogP contribution >= 0.6 is 0 Å². The van der Waals surface area contributed by atoms with Crippen molar-refractivity contribution in [3.8, 4) is 0 Å². The summed E-state index contributed by atoms with van der Waals surface area (Å²) in [5, 5.41) is 23.4. The molecule has 0 fully saturated rings. The highest BCUT2D eigenvalue weighted by Gasteiger charge is 2.20. The third-order valence-corrected chi connectivity index (χ3v) is 15.1. The van der Waals surface area contributed by atoms with Crippen LogP contribution in [-0.4, -0.2) is 34.9 Å². The van der Waals surface area contributed by atoms with Gasteiger partial charge in [0.1, 0.15) is 0 Å². The summed E-state index contributed by atoms with van der Waals surface area (Å²) in [6.45, 7) is 4.41. The average molecular weight is 933 g/mol. The SMILES string of the molecule is CCCCCCCCCCCCCCCCCCCCCCCCCCCCCCCCC(O)C(CO)NC(=O)CCCCCCCCCCCCCCCCCCCCCCCCCC. The van der Waals surface area contributed by atoms with Crippen LogP contribution in [-0.2, 0) is 4.79 Å². The molecule has 0 aromatic carbocycles. The first-order chi connectivity index (χ1) is 32.7. The van der Waals surface area contributed by atoms with Gasteiger partial charge in [-0.1, -0.05) is 354 Å². The van der Waals surface area contributed by atoms with Crippen LogP contribution in [0.25, 0.3) is 0 Å². The van der Waals surface area contributed by atoms with Crippen molar-refractivity contribution in [3.63, 3.8) is 0 Å². The average Bonchev–Trinajstić information content (AvgIpc) is 3.32. The Hall–Kier alpha value is -0.610. The Kier molecular flexibility index (Phi) is 58.2. The molecule has 0 heterocycles. The molecule has 0 aromatic heterocycles. The lowest BCUT2D eigenvalue weighted by Crippen LogP contribution is -2.45. The fourth-order valence-electron chi connectivity index (χ4n) is 10.4. The second-order valence-electron chi connectivity index (χ2n) is 21.8. The van der Waals surface area contributed by atoms with Gasteiger partial charge in [-0.05, 0) is 12.8 Å². The van der Waals surface area contributed by atoms with Gasteiger partial charge in [-0.15, -0.1) is 0 Å². The first kappa shape index (κ1) is 65.4. The van der Waals surface area contributed by atoms with E-state index in [0.29, 0.717) is 12.8 Å². The Balaban J connectivity index is 3.37. The van der Waals surface area contributed by atoms with Gasteiger partial charge in [0.25, 0.3) is 0 Å². The molecule has 0 aromatic rings. The van der Waals surface area contributed by atoms with E-state index >= 15 is 0 Å². The predicted molar refractivity (Wildman–Crippen MR) is 295 cm³/mol. The Morgan fingerprint density at radius 3 is 0.682 bits per heavy atom.